The van der Waals surface area contributed by atoms with E-state index in [4.69, 9.17) is 11.6 Å². The molecule has 7 nitrogen and oxygen atoms in total. The Hall–Kier alpha value is -3.16. The van der Waals surface area contributed by atoms with E-state index in [1.165, 1.54) is 0 Å². The number of rotatable bonds is 8. The Morgan fingerprint density at radius 3 is 2.69 bits per heavy atom. The summed E-state index contributed by atoms with van der Waals surface area (Å²) in [5, 5.41) is 26.6. The summed E-state index contributed by atoms with van der Waals surface area (Å²) in [5.74, 6) is -1.06. The number of hydrogen-bond acceptors (Lipinski definition) is 5. The maximum absolute atomic E-state index is 12.5. The molecule has 2 aliphatic rings. The quantitative estimate of drug-likeness (QED) is 0.406. The lowest BCUT2D eigenvalue weighted by Gasteiger charge is -2.27. The lowest BCUT2D eigenvalue weighted by molar-refractivity contribution is -0.139. The van der Waals surface area contributed by atoms with Crippen molar-refractivity contribution >= 4 is 23.5 Å². The van der Waals surface area contributed by atoms with E-state index >= 15 is 0 Å². The van der Waals surface area contributed by atoms with E-state index in [0.29, 0.717) is 18.8 Å². The van der Waals surface area contributed by atoms with Gasteiger partial charge in [-0.15, -0.1) is 0 Å². The minimum absolute atomic E-state index is 0.188. The average molecular weight is 496 g/mol. The second-order valence-corrected chi connectivity index (χ2v) is 9.69. The van der Waals surface area contributed by atoms with Crippen LogP contribution in [0.1, 0.15) is 66.0 Å². The molecular formula is C27H30ClN3O4. The molecule has 1 amide bonds. The minimum atomic E-state index is -1.11. The number of benzene rings is 1. The molecule has 184 valence electrons. The first-order chi connectivity index (χ1) is 16.8. The fraction of sp³-hybridized carbons (Fsp3) is 0.370. The van der Waals surface area contributed by atoms with Gasteiger partial charge in [-0.25, -0.2) is 4.79 Å². The van der Waals surface area contributed by atoms with Crippen LogP contribution in [0.25, 0.3) is 0 Å². The van der Waals surface area contributed by atoms with Crippen LogP contribution in [-0.4, -0.2) is 33.1 Å². The molecule has 1 heterocycles. The summed E-state index contributed by atoms with van der Waals surface area (Å²) in [4.78, 5) is 28.8. The smallest absolute Gasteiger partial charge is 0.326 e. The number of aryl methyl sites for hydroxylation is 1. The van der Waals surface area contributed by atoms with Crippen LogP contribution in [0.3, 0.4) is 0 Å². The third kappa shape index (κ3) is 6.10. The normalized spacial score (nSPS) is 19.0. The van der Waals surface area contributed by atoms with Crippen LogP contribution >= 0.6 is 11.6 Å². The second-order valence-electron chi connectivity index (χ2n) is 9.29. The fourth-order valence-electron chi connectivity index (χ4n) is 4.66. The van der Waals surface area contributed by atoms with Crippen LogP contribution in [0.4, 0.5) is 0 Å². The van der Waals surface area contributed by atoms with Gasteiger partial charge in [0.1, 0.15) is 6.04 Å². The molecule has 1 aromatic heterocycles. The second kappa shape index (κ2) is 11.1. The largest absolute Gasteiger partial charge is 0.480 e. The number of nitrogens with zero attached hydrogens (tertiary/aromatic N) is 1. The van der Waals surface area contributed by atoms with Crippen molar-refractivity contribution < 1.29 is 19.8 Å². The predicted octanol–water partition coefficient (Wildman–Crippen LogP) is 4.32. The number of fused-ring (bicyclic) bond motifs is 1. The molecule has 4 rings (SSSR count). The van der Waals surface area contributed by atoms with Gasteiger partial charge in [0.25, 0.3) is 5.91 Å². The highest BCUT2D eigenvalue weighted by Gasteiger charge is 2.25. The molecular weight excluding hydrogens is 466 g/mol. The highest BCUT2D eigenvalue weighted by atomic mass is 35.5. The number of aliphatic hydroxyl groups is 1. The van der Waals surface area contributed by atoms with Crippen molar-refractivity contribution in [3.05, 3.63) is 87.4 Å². The Kier molecular flexibility index (Phi) is 7.88. The van der Waals surface area contributed by atoms with E-state index in [2.05, 4.69) is 22.5 Å². The van der Waals surface area contributed by atoms with Gasteiger partial charge >= 0.3 is 5.97 Å². The Morgan fingerprint density at radius 2 is 1.97 bits per heavy atom. The number of carbonyl (C=O) groups is 2. The Morgan fingerprint density at radius 1 is 1.17 bits per heavy atom. The molecule has 0 aliphatic heterocycles. The van der Waals surface area contributed by atoms with E-state index in [1.54, 1.807) is 30.5 Å². The number of hydrogen-bond donors (Lipinski definition) is 4. The van der Waals surface area contributed by atoms with Gasteiger partial charge in [-0.1, -0.05) is 42.3 Å². The highest BCUT2D eigenvalue weighted by Crippen LogP contribution is 2.30. The van der Waals surface area contributed by atoms with Gasteiger partial charge in [-0.05, 0) is 74.3 Å². The first-order valence-corrected chi connectivity index (χ1v) is 12.3. The minimum Gasteiger partial charge on any atom is -0.480 e. The summed E-state index contributed by atoms with van der Waals surface area (Å²) < 4.78 is 0. The number of aliphatic carboxylic acids is 1. The number of amides is 1. The number of nitrogens with one attached hydrogen (secondary N) is 2. The number of pyridine rings is 1. The number of carboxylic acids is 1. The summed E-state index contributed by atoms with van der Waals surface area (Å²) in [5.41, 5.74) is 5.10. The third-order valence-corrected chi connectivity index (χ3v) is 6.98. The van der Waals surface area contributed by atoms with Crippen LogP contribution in [0, 0.1) is 5.92 Å². The van der Waals surface area contributed by atoms with E-state index in [9.17, 15) is 19.8 Å². The molecule has 2 aromatic rings. The topological polar surface area (TPSA) is 112 Å². The summed E-state index contributed by atoms with van der Waals surface area (Å²) in [6, 6.07) is 7.34. The van der Waals surface area contributed by atoms with E-state index in [0.717, 1.165) is 47.4 Å². The maximum atomic E-state index is 12.5. The molecule has 35 heavy (non-hydrogen) atoms. The number of halogens is 1. The molecule has 0 fully saturated rings. The maximum Gasteiger partial charge on any atom is 0.326 e. The van der Waals surface area contributed by atoms with Crippen molar-refractivity contribution in [1.82, 2.24) is 15.6 Å². The molecule has 0 radical (unpaired) electrons. The summed E-state index contributed by atoms with van der Waals surface area (Å²) in [6.45, 7) is 2.22. The summed E-state index contributed by atoms with van der Waals surface area (Å²) >= 11 is 6.06. The molecule has 4 N–H and O–H groups in total. The van der Waals surface area contributed by atoms with Crippen LogP contribution in [0.5, 0.6) is 0 Å². The molecule has 2 aliphatic carbocycles. The van der Waals surface area contributed by atoms with Crippen molar-refractivity contribution in [1.29, 1.82) is 0 Å². The number of aliphatic hydroxyl groups excluding tert-OH is 1. The number of allylic oxidation sites excluding steroid dienone is 3. The molecule has 0 saturated heterocycles. The van der Waals surface area contributed by atoms with Gasteiger partial charge in [0, 0.05) is 23.2 Å². The molecule has 3 unspecified atom stereocenters. The van der Waals surface area contributed by atoms with Crippen molar-refractivity contribution in [2.45, 2.75) is 57.7 Å². The molecule has 0 saturated carbocycles. The Balaban J connectivity index is 1.40. The standard InChI is InChI=1S/C27H30ClN3O4/c1-16-6-11-23-21(14-16)19(12-13-29-23)25(32)30-18-9-7-17(8-10-18)15-24(27(34)35)31-26(33)20-4-2-3-5-22(20)28/h2-5,7,9,12-13,16,24-25,30,32H,6,8,10-11,14-15H2,1H3,(H,31,33)(H,34,35). The van der Waals surface area contributed by atoms with E-state index in [-0.39, 0.29) is 17.0 Å². The van der Waals surface area contributed by atoms with E-state index < -0.39 is 24.1 Å². The Bertz CT molecular complexity index is 1180. The molecule has 3 atom stereocenters. The SMILES string of the molecule is CC1CCc2nccc(C(O)NC3=CC=C(CC(NC(=O)c4ccccc4Cl)C(=O)O)CC3)c2C1. The first-order valence-electron chi connectivity index (χ1n) is 11.9. The lowest BCUT2D eigenvalue weighted by Crippen LogP contribution is -2.41. The van der Waals surface area contributed by atoms with Gasteiger partial charge in [0.05, 0.1) is 10.6 Å². The monoisotopic (exact) mass is 495 g/mol. The van der Waals surface area contributed by atoms with Gasteiger partial charge in [0.2, 0.25) is 0 Å². The van der Waals surface area contributed by atoms with Gasteiger partial charge < -0.3 is 20.8 Å². The number of carbonyl (C=O) groups excluding carboxylic acids is 1. The first kappa shape index (κ1) is 24.9. The Labute approximate surface area is 209 Å². The average Bonchev–Trinajstić information content (AvgIpc) is 2.84. The lowest BCUT2D eigenvalue weighted by atomic mass is 9.85. The molecule has 1 aromatic carbocycles. The molecule has 0 bridgehead atoms. The van der Waals surface area contributed by atoms with Crippen LogP contribution in [-0.2, 0) is 17.6 Å². The fourth-order valence-corrected chi connectivity index (χ4v) is 4.88. The zero-order valence-electron chi connectivity index (χ0n) is 19.6. The number of aromatic nitrogens is 1. The summed E-state index contributed by atoms with van der Waals surface area (Å²) in [7, 11) is 0. The number of carboxylic acid groups (broad SMARTS) is 1. The van der Waals surface area contributed by atoms with Gasteiger partial charge in [-0.3, -0.25) is 9.78 Å². The zero-order chi connectivity index (χ0) is 24.9. The van der Waals surface area contributed by atoms with Crippen molar-refractivity contribution in [3.8, 4) is 0 Å². The van der Waals surface area contributed by atoms with Crippen LogP contribution in [0.2, 0.25) is 5.02 Å². The van der Waals surface area contributed by atoms with Crippen LogP contribution in [0.15, 0.2) is 60.0 Å². The highest BCUT2D eigenvalue weighted by molar-refractivity contribution is 6.33. The summed E-state index contributed by atoms with van der Waals surface area (Å²) in [6.07, 6.45) is 9.06. The predicted molar refractivity (Wildman–Crippen MR) is 134 cm³/mol. The van der Waals surface area contributed by atoms with Crippen molar-refractivity contribution in [3.63, 3.8) is 0 Å². The van der Waals surface area contributed by atoms with E-state index in [1.807, 2.05) is 18.2 Å². The van der Waals surface area contributed by atoms with Gasteiger partial charge in [0.15, 0.2) is 6.23 Å². The molecule has 8 heteroatoms. The van der Waals surface area contributed by atoms with Crippen LogP contribution < -0.4 is 10.6 Å². The molecule has 0 spiro atoms. The van der Waals surface area contributed by atoms with Gasteiger partial charge in [-0.2, -0.15) is 0 Å². The van der Waals surface area contributed by atoms with Crippen molar-refractivity contribution in [2.24, 2.45) is 5.92 Å². The third-order valence-electron chi connectivity index (χ3n) is 6.65. The van der Waals surface area contributed by atoms with Crippen molar-refractivity contribution in [2.75, 3.05) is 0 Å². The zero-order valence-corrected chi connectivity index (χ0v) is 20.4.